The van der Waals surface area contributed by atoms with Gasteiger partial charge in [0.05, 0.1) is 33.0 Å². The monoisotopic (exact) mass is 474 g/mol. The molecular weight excluding hydrogens is 452 g/mol. The molecule has 0 spiro atoms. The van der Waals surface area contributed by atoms with E-state index in [4.69, 9.17) is 10.5 Å². The van der Waals surface area contributed by atoms with Crippen LogP contribution in [0.3, 0.4) is 0 Å². The molecule has 3 N–H and O–H groups in total. The van der Waals surface area contributed by atoms with Gasteiger partial charge in [-0.3, -0.25) is 4.79 Å². The first-order valence-electron chi connectivity index (χ1n) is 10.5. The molecule has 1 aliphatic carbocycles. The van der Waals surface area contributed by atoms with Crippen LogP contribution in [0, 0.1) is 0 Å². The molecule has 1 saturated carbocycles. The molecule has 0 atom stereocenters. The Bertz CT molecular complexity index is 1360. The van der Waals surface area contributed by atoms with E-state index in [0.29, 0.717) is 10.3 Å². The molecule has 1 fully saturated rings. The molecule has 5 aromatic rings. The predicted molar refractivity (Wildman–Crippen MR) is 136 cm³/mol. The van der Waals surface area contributed by atoms with E-state index in [1.165, 1.54) is 22.7 Å². The highest BCUT2D eigenvalue weighted by Crippen LogP contribution is 2.49. The molecule has 2 heterocycles. The third kappa shape index (κ3) is 4.40. The van der Waals surface area contributed by atoms with Crippen molar-refractivity contribution >= 4 is 59.3 Å². The number of rotatable bonds is 4. The third-order valence-electron chi connectivity index (χ3n) is 5.65. The van der Waals surface area contributed by atoms with Crippen LogP contribution in [0.4, 0.5) is 10.3 Å². The Morgan fingerprint density at radius 1 is 0.909 bits per heavy atom. The third-order valence-corrected chi connectivity index (χ3v) is 7.47. The van der Waals surface area contributed by atoms with Crippen LogP contribution in [0.1, 0.15) is 18.4 Å². The molecule has 166 valence electrons. The Kier molecular flexibility index (Phi) is 5.70. The minimum atomic E-state index is -0.413. The van der Waals surface area contributed by atoms with Crippen molar-refractivity contribution in [1.82, 2.24) is 9.97 Å². The van der Waals surface area contributed by atoms with Crippen LogP contribution in [-0.4, -0.2) is 23.0 Å². The van der Waals surface area contributed by atoms with Crippen molar-refractivity contribution in [1.29, 1.82) is 0 Å². The lowest BCUT2D eigenvalue weighted by Crippen LogP contribution is -2.27. The van der Waals surface area contributed by atoms with Crippen LogP contribution in [0.2, 0.25) is 0 Å². The van der Waals surface area contributed by atoms with Crippen molar-refractivity contribution in [3.05, 3.63) is 78.4 Å². The average molecular weight is 475 g/mol. The number of anilines is 2. The van der Waals surface area contributed by atoms with E-state index >= 15 is 0 Å². The molecule has 0 radical (unpaired) electrons. The van der Waals surface area contributed by atoms with Gasteiger partial charge in [-0.1, -0.05) is 59.1 Å². The van der Waals surface area contributed by atoms with Gasteiger partial charge in [0, 0.05) is 0 Å². The number of amides is 1. The summed E-state index contributed by atoms with van der Waals surface area (Å²) in [6.07, 6.45) is 1.74. The maximum absolute atomic E-state index is 12.8. The van der Waals surface area contributed by atoms with Gasteiger partial charge in [-0.15, -0.1) is 0 Å². The van der Waals surface area contributed by atoms with Gasteiger partial charge in [0.15, 0.2) is 10.3 Å². The maximum Gasteiger partial charge on any atom is 0.236 e. The SMILES string of the molecule is COc1ccc(C2(C(=O)Nc3nc4ccccc4s3)CC2)cc1.Nc1nc2ccccc2s1. The summed E-state index contributed by atoms with van der Waals surface area (Å²) in [5.41, 5.74) is 8.03. The van der Waals surface area contributed by atoms with E-state index in [-0.39, 0.29) is 5.91 Å². The lowest BCUT2D eigenvalue weighted by molar-refractivity contribution is -0.118. The van der Waals surface area contributed by atoms with Gasteiger partial charge in [0.2, 0.25) is 5.91 Å². The van der Waals surface area contributed by atoms with Crippen molar-refractivity contribution in [2.75, 3.05) is 18.2 Å². The topological polar surface area (TPSA) is 90.1 Å². The number of nitrogens with two attached hydrogens (primary N) is 1. The number of carbonyl (C=O) groups is 1. The smallest absolute Gasteiger partial charge is 0.236 e. The van der Waals surface area contributed by atoms with Gasteiger partial charge in [0.1, 0.15) is 5.75 Å². The number of fused-ring (bicyclic) bond motifs is 2. The van der Waals surface area contributed by atoms with E-state index in [1.807, 2.05) is 72.8 Å². The number of hydrogen-bond acceptors (Lipinski definition) is 7. The summed E-state index contributed by atoms with van der Waals surface area (Å²) in [5, 5.41) is 4.30. The molecule has 2 aromatic heterocycles. The van der Waals surface area contributed by atoms with Crippen molar-refractivity contribution in [3.63, 3.8) is 0 Å². The Morgan fingerprint density at radius 3 is 2.09 bits per heavy atom. The second-order valence-corrected chi connectivity index (χ2v) is 9.86. The zero-order valence-electron chi connectivity index (χ0n) is 17.9. The Hall–Kier alpha value is -3.49. The first-order chi connectivity index (χ1) is 16.1. The molecule has 6 rings (SSSR count). The number of nitrogens with one attached hydrogen (secondary N) is 1. The number of hydrogen-bond donors (Lipinski definition) is 2. The van der Waals surface area contributed by atoms with Crippen molar-refractivity contribution in [3.8, 4) is 5.75 Å². The number of thiazole rings is 2. The van der Waals surface area contributed by atoms with Gasteiger partial charge >= 0.3 is 0 Å². The summed E-state index contributed by atoms with van der Waals surface area (Å²) in [7, 11) is 1.64. The van der Waals surface area contributed by atoms with Gasteiger partial charge in [-0.25, -0.2) is 9.97 Å². The highest BCUT2D eigenvalue weighted by Gasteiger charge is 2.51. The number of aromatic nitrogens is 2. The molecule has 0 aliphatic heterocycles. The van der Waals surface area contributed by atoms with Crippen molar-refractivity contribution in [2.45, 2.75) is 18.3 Å². The Balaban J connectivity index is 0.000000190. The maximum atomic E-state index is 12.8. The van der Waals surface area contributed by atoms with E-state index in [0.717, 1.165) is 44.6 Å². The molecule has 3 aromatic carbocycles. The van der Waals surface area contributed by atoms with E-state index in [2.05, 4.69) is 15.3 Å². The summed E-state index contributed by atoms with van der Waals surface area (Å²) < 4.78 is 7.42. The summed E-state index contributed by atoms with van der Waals surface area (Å²) in [5.74, 6) is 0.831. The standard InChI is InChI=1S/C18H16N2O2S.C7H6N2S/c1-22-13-8-6-12(7-9-13)18(10-11-18)16(21)20-17-19-14-4-2-3-5-15(14)23-17;8-7-9-5-3-1-2-4-6(5)10-7/h2-9H,10-11H2,1H3,(H,19,20,21);1-4H,(H2,8,9). The molecule has 6 nitrogen and oxygen atoms in total. The van der Waals surface area contributed by atoms with E-state index < -0.39 is 5.41 Å². The van der Waals surface area contributed by atoms with Crippen LogP contribution in [0.25, 0.3) is 20.4 Å². The molecule has 33 heavy (non-hydrogen) atoms. The number of nitrogens with zero attached hydrogens (tertiary/aromatic N) is 2. The second-order valence-electron chi connectivity index (χ2n) is 7.77. The number of ether oxygens (including phenoxy) is 1. The lowest BCUT2D eigenvalue weighted by Gasteiger charge is -2.15. The van der Waals surface area contributed by atoms with Gasteiger partial charge in [0.25, 0.3) is 0 Å². The minimum Gasteiger partial charge on any atom is -0.497 e. The van der Waals surface area contributed by atoms with E-state index in [9.17, 15) is 4.79 Å². The van der Waals surface area contributed by atoms with Crippen LogP contribution in [0.5, 0.6) is 5.75 Å². The molecule has 1 amide bonds. The average Bonchev–Trinajstić information content (AvgIpc) is 3.41. The van der Waals surface area contributed by atoms with Gasteiger partial charge in [-0.2, -0.15) is 0 Å². The highest BCUT2D eigenvalue weighted by molar-refractivity contribution is 7.22. The fourth-order valence-electron chi connectivity index (χ4n) is 3.71. The van der Waals surface area contributed by atoms with Crippen LogP contribution >= 0.6 is 22.7 Å². The normalized spacial score (nSPS) is 13.8. The van der Waals surface area contributed by atoms with Gasteiger partial charge in [-0.05, 0) is 54.8 Å². The largest absolute Gasteiger partial charge is 0.497 e. The predicted octanol–water partition coefficient (Wildman–Crippen LogP) is 5.85. The zero-order valence-corrected chi connectivity index (χ0v) is 19.6. The van der Waals surface area contributed by atoms with Gasteiger partial charge < -0.3 is 15.8 Å². The molecule has 8 heteroatoms. The summed E-state index contributed by atoms with van der Waals surface area (Å²) in [6, 6.07) is 23.6. The molecule has 0 saturated heterocycles. The van der Waals surface area contributed by atoms with Crippen LogP contribution < -0.4 is 15.8 Å². The number of carbonyl (C=O) groups excluding carboxylic acids is 1. The Morgan fingerprint density at radius 2 is 1.52 bits per heavy atom. The fraction of sp³-hybridized carbons (Fsp3) is 0.160. The number of benzene rings is 3. The van der Waals surface area contributed by atoms with Crippen LogP contribution in [0.15, 0.2) is 72.8 Å². The molecular formula is C25H22N4O2S2. The first-order valence-corrected chi connectivity index (χ1v) is 12.1. The summed E-state index contributed by atoms with van der Waals surface area (Å²) in [4.78, 5) is 21.3. The first kappa shape index (κ1) is 21.4. The minimum absolute atomic E-state index is 0.0294. The summed E-state index contributed by atoms with van der Waals surface area (Å²) in [6.45, 7) is 0. The van der Waals surface area contributed by atoms with Crippen LogP contribution in [-0.2, 0) is 10.2 Å². The number of methoxy groups -OCH3 is 1. The number of nitrogen functional groups attached to an aromatic ring is 1. The fourth-order valence-corrected chi connectivity index (χ4v) is 5.31. The van der Waals surface area contributed by atoms with E-state index in [1.54, 1.807) is 7.11 Å². The lowest BCUT2D eigenvalue weighted by atomic mass is 9.95. The molecule has 1 aliphatic rings. The molecule has 0 unspecified atom stereocenters. The summed E-state index contributed by atoms with van der Waals surface area (Å²) >= 11 is 3.03. The zero-order chi connectivity index (χ0) is 22.8. The quantitative estimate of drug-likeness (QED) is 0.341. The van der Waals surface area contributed by atoms with Crippen molar-refractivity contribution in [2.24, 2.45) is 0 Å². The highest BCUT2D eigenvalue weighted by atomic mass is 32.1. The molecule has 0 bridgehead atoms. The Labute approximate surface area is 199 Å². The van der Waals surface area contributed by atoms with Crippen molar-refractivity contribution < 1.29 is 9.53 Å². The second kappa shape index (κ2) is 8.80. The number of para-hydroxylation sites is 2.